The van der Waals surface area contributed by atoms with Crippen LogP contribution < -0.4 is 10.6 Å². The topological polar surface area (TPSA) is 61.4 Å². The Morgan fingerprint density at radius 1 is 1.43 bits per heavy atom. The van der Waals surface area contributed by atoms with Gasteiger partial charge in [0.15, 0.2) is 0 Å². The van der Waals surface area contributed by atoms with Crippen molar-refractivity contribution in [2.45, 2.75) is 53.5 Å². The molecule has 1 rings (SSSR count). The number of aliphatic hydroxyl groups is 1. The smallest absolute Gasteiger partial charge is 0.315 e. The lowest BCUT2D eigenvalue weighted by atomic mass is 9.89. The maximum absolute atomic E-state index is 11.9. The van der Waals surface area contributed by atoms with E-state index in [0.29, 0.717) is 6.54 Å². The molecule has 0 fully saturated rings. The van der Waals surface area contributed by atoms with E-state index in [0.717, 1.165) is 12.8 Å². The molecular weight excluding hydrogens is 284 g/mol. The first-order valence-electron chi connectivity index (χ1n) is 7.47. The molecule has 0 aliphatic carbocycles. The van der Waals surface area contributed by atoms with Gasteiger partial charge >= 0.3 is 6.03 Å². The van der Waals surface area contributed by atoms with Crippen LogP contribution in [0.4, 0.5) is 4.79 Å². The van der Waals surface area contributed by atoms with Crippen molar-refractivity contribution < 1.29 is 9.90 Å². The van der Waals surface area contributed by atoms with Gasteiger partial charge in [-0.1, -0.05) is 13.8 Å². The molecule has 0 saturated carbocycles. The minimum atomic E-state index is -0.132. The molecule has 1 heterocycles. The highest BCUT2D eigenvalue weighted by molar-refractivity contribution is 7.12. The average molecular weight is 312 g/mol. The van der Waals surface area contributed by atoms with Gasteiger partial charge in [0.1, 0.15) is 0 Å². The van der Waals surface area contributed by atoms with Crippen LogP contribution in [0, 0.1) is 19.3 Å². The minimum Gasteiger partial charge on any atom is -0.396 e. The number of aryl methyl sites for hydroxylation is 2. The molecule has 21 heavy (non-hydrogen) atoms. The second-order valence-electron chi connectivity index (χ2n) is 6.42. The van der Waals surface area contributed by atoms with Crippen LogP contribution in [0.1, 0.15) is 55.0 Å². The number of amides is 2. The van der Waals surface area contributed by atoms with Crippen LogP contribution in [0.3, 0.4) is 0 Å². The van der Waals surface area contributed by atoms with Crippen LogP contribution in [0.15, 0.2) is 6.07 Å². The molecule has 3 N–H and O–H groups in total. The Hall–Kier alpha value is -1.07. The molecule has 0 aliphatic heterocycles. The summed E-state index contributed by atoms with van der Waals surface area (Å²) in [7, 11) is 0. The molecule has 1 aromatic rings. The molecule has 1 aromatic heterocycles. The number of hydrogen-bond donors (Lipinski definition) is 3. The van der Waals surface area contributed by atoms with E-state index in [1.54, 1.807) is 11.3 Å². The Bertz CT molecular complexity index is 469. The Morgan fingerprint density at radius 2 is 2.10 bits per heavy atom. The van der Waals surface area contributed by atoms with Gasteiger partial charge in [-0.25, -0.2) is 4.79 Å². The summed E-state index contributed by atoms with van der Waals surface area (Å²) in [6, 6.07) is 2.02. The van der Waals surface area contributed by atoms with E-state index < -0.39 is 0 Å². The molecule has 0 aromatic carbocycles. The number of thiophene rings is 1. The van der Waals surface area contributed by atoms with Crippen molar-refractivity contribution in [2.24, 2.45) is 5.41 Å². The molecule has 5 heteroatoms. The molecule has 0 bridgehead atoms. The van der Waals surface area contributed by atoms with Gasteiger partial charge in [-0.3, -0.25) is 0 Å². The van der Waals surface area contributed by atoms with E-state index in [1.165, 1.54) is 15.3 Å². The van der Waals surface area contributed by atoms with Crippen molar-refractivity contribution in [3.05, 3.63) is 21.4 Å². The molecule has 120 valence electrons. The summed E-state index contributed by atoms with van der Waals surface area (Å²) in [5.41, 5.74) is 1.12. The molecule has 0 radical (unpaired) electrons. The van der Waals surface area contributed by atoms with E-state index in [4.69, 9.17) is 0 Å². The zero-order valence-corrected chi connectivity index (χ0v) is 14.6. The number of nitrogens with one attached hydrogen (secondary N) is 2. The molecule has 2 amide bonds. The standard InChI is InChI=1S/C16H28N2O2S/c1-11-9-14(13(3)21-11)12(2)18-15(20)17-8-6-7-16(4,5)10-19/h9,12,19H,6-8,10H2,1-5H3,(H2,17,18,20). The van der Waals surface area contributed by atoms with Crippen molar-refractivity contribution in [3.63, 3.8) is 0 Å². The van der Waals surface area contributed by atoms with Crippen LogP contribution in [-0.2, 0) is 0 Å². The zero-order valence-electron chi connectivity index (χ0n) is 13.7. The van der Waals surface area contributed by atoms with Gasteiger partial charge in [0.05, 0.1) is 6.04 Å². The van der Waals surface area contributed by atoms with Crippen LogP contribution >= 0.6 is 11.3 Å². The SMILES string of the molecule is Cc1cc(C(C)NC(=O)NCCCC(C)(C)CO)c(C)s1. The van der Waals surface area contributed by atoms with Crippen molar-refractivity contribution in [1.82, 2.24) is 10.6 Å². The van der Waals surface area contributed by atoms with Crippen LogP contribution in [0.2, 0.25) is 0 Å². The van der Waals surface area contributed by atoms with Gasteiger partial charge in [0, 0.05) is 22.9 Å². The first-order chi connectivity index (χ1) is 9.75. The number of carbonyl (C=O) groups excluding carboxylic acids is 1. The third-order valence-corrected chi connectivity index (χ3v) is 4.62. The fourth-order valence-electron chi connectivity index (χ4n) is 2.25. The fourth-order valence-corrected chi connectivity index (χ4v) is 3.28. The normalized spacial score (nSPS) is 13.0. The second kappa shape index (κ2) is 7.80. The van der Waals surface area contributed by atoms with Crippen molar-refractivity contribution in [3.8, 4) is 0 Å². The number of rotatable bonds is 7. The summed E-state index contributed by atoms with van der Waals surface area (Å²) in [6.07, 6.45) is 1.76. The Balaban J connectivity index is 2.32. The van der Waals surface area contributed by atoms with Crippen LogP contribution in [-0.4, -0.2) is 24.3 Å². The molecule has 1 unspecified atom stereocenters. The third kappa shape index (κ3) is 6.06. The monoisotopic (exact) mass is 312 g/mol. The van der Waals surface area contributed by atoms with E-state index in [2.05, 4.69) is 30.5 Å². The molecule has 1 atom stereocenters. The maximum atomic E-state index is 11.9. The van der Waals surface area contributed by atoms with E-state index in [-0.39, 0.29) is 24.1 Å². The number of carbonyl (C=O) groups is 1. The average Bonchev–Trinajstić information content (AvgIpc) is 2.74. The van der Waals surface area contributed by atoms with E-state index >= 15 is 0 Å². The zero-order chi connectivity index (χ0) is 16.0. The Morgan fingerprint density at radius 3 is 2.62 bits per heavy atom. The van der Waals surface area contributed by atoms with Crippen molar-refractivity contribution in [1.29, 1.82) is 0 Å². The van der Waals surface area contributed by atoms with Gasteiger partial charge in [0.2, 0.25) is 0 Å². The summed E-state index contributed by atoms with van der Waals surface area (Å²) < 4.78 is 0. The van der Waals surface area contributed by atoms with Crippen LogP contribution in [0.25, 0.3) is 0 Å². The highest BCUT2D eigenvalue weighted by atomic mass is 32.1. The molecular formula is C16H28N2O2S. The van der Waals surface area contributed by atoms with Gasteiger partial charge in [0.25, 0.3) is 0 Å². The summed E-state index contributed by atoms with van der Waals surface area (Å²) >= 11 is 1.76. The molecule has 4 nitrogen and oxygen atoms in total. The Kier molecular flexibility index (Phi) is 6.68. The van der Waals surface area contributed by atoms with Gasteiger partial charge in [-0.15, -0.1) is 11.3 Å². The van der Waals surface area contributed by atoms with Gasteiger partial charge in [-0.2, -0.15) is 0 Å². The third-order valence-electron chi connectivity index (χ3n) is 3.64. The first kappa shape index (κ1) is 18.0. The van der Waals surface area contributed by atoms with Gasteiger partial charge in [-0.05, 0) is 50.7 Å². The van der Waals surface area contributed by atoms with Crippen molar-refractivity contribution >= 4 is 17.4 Å². The summed E-state index contributed by atoms with van der Waals surface area (Å²) in [5, 5.41) is 15.0. The summed E-state index contributed by atoms with van der Waals surface area (Å²) in [6.45, 7) is 11.0. The first-order valence-corrected chi connectivity index (χ1v) is 8.29. The van der Waals surface area contributed by atoms with E-state index in [9.17, 15) is 9.90 Å². The molecule has 0 aliphatic rings. The van der Waals surface area contributed by atoms with Crippen LogP contribution in [0.5, 0.6) is 0 Å². The lowest BCUT2D eigenvalue weighted by Gasteiger charge is -2.21. The molecule has 0 saturated heterocycles. The number of urea groups is 1. The number of hydrogen-bond acceptors (Lipinski definition) is 3. The summed E-state index contributed by atoms with van der Waals surface area (Å²) in [5.74, 6) is 0. The Labute approximate surface area is 132 Å². The fraction of sp³-hybridized carbons (Fsp3) is 0.688. The predicted molar refractivity (Wildman–Crippen MR) is 88.8 cm³/mol. The lowest BCUT2D eigenvalue weighted by Crippen LogP contribution is -2.37. The quantitative estimate of drug-likeness (QED) is 0.675. The maximum Gasteiger partial charge on any atom is 0.315 e. The molecule has 0 spiro atoms. The van der Waals surface area contributed by atoms with Crippen molar-refractivity contribution in [2.75, 3.05) is 13.2 Å². The lowest BCUT2D eigenvalue weighted by molar-refractivity contribution is 0.148. The largest absolute Gasteiger partial charge is 0.396 e. The number of aliphatic hydroxyl groups excluding tert-OH is 1. The van der Waals surface area contributed by atoms with E-state index in [1.807, 2.05) is 20.8 Å². The minimum absolute atomic E-state index is 0.0174. The van der Waals surface area contributed by atoms with Gasteiger partial charge < -0.3 is 15.7 Å². The predicted octanol–water partition coefficient (Wildman–Crippen LogP) is 3.52. The second-order valence-corrected chi connectivity index (χ2v) is 7.88. The highest BCUT2D eigenvalue weighted by Crippen LogP contribution is 2.26. The summed E-state index contributed by atoms with van der Waals surface area (Å²) in [4.78, 5) is 14.4. The highest BCUT2D eigenvalue weighted by Gasteiger charge is 2.16.